The molecule has 1 aromatic heterocycles. The molecule has 1 aromatic carbocycles. The molecule has 2 aromatic rings. The average molecular weight is 308 g/mol. The highest BCUT2D eigenvalue weighted by molar-refractivity contribution is 9.10. The van der Waals surface area contributed by atoms with Gasteiger partial charge in [-0.15, -0.1) is 0 Å². The van der Waals surface area contributed by atoms with Crippen LogP contribution in [0.4, 0.5) is 0 Å². The maximum atomic E-state index is 4.25. The summed E-state index contributed by atoms with van der Waals surface area (Å²) < 4.78 is 3.06. The lowest BCUT2D eigenvalue weighted by atomic mass is 10.0. The van der Waals surface area contributed by atoms with Crippen LogP contribution >= 0.6 is 15.9 Å². The van der Waals surface area contributed by atoms with Crippen molar-refractivity contribution in [3.63, 3.8) is 0 Å². The van der Waals surface area contributed by atoms with E-state index in [4.69, 9.17) is 0 Å². The van der Waals surface area contributed by atoms with Gasteiger partial charge in [0.1, 0.15) is 0 Å². The van der Waals surface area contributed by atoms with Gasteiger partial charge in [-0.05, 0) is 36.7 Å². The molecule has 1 heterocycles. The van der Waals surface area contributed by atoms with Crippen molar-refractivity contribution < 1.29 is 0 Å². The number of hydrogen-bond donors (Lipinski definition) is 1. The number of likely N-dealkylation sites (N-methyl/N-ethyl adjacent to an activating group) is 1. The van der Waals surface area contributed by atoms with Crippen molar-refractivity contribution in [1.82, 2.24) is 15.1 Å². The first-order valence-electron chi connectivity index (χ1n) is 6.16. The van der Waals surface area contributed by atoms with Crippen LogP contribution in [-0.4, -0.2) is 16.3 Å². The van der Waals surface area contributed by atoms with E-state index >= 15 is 0 Å². The molecule has 2 rings (SSSR count). The molecule has 18 heavy (non-hydrogen) atoms. The standard InChI is InChI=1S/C14H18BrN3/c1-3-16-13(14-7-8-17-18(14)2)10-11-5-4-6-12(15)9-11/h4-9,13,16H,3,10H2,1-2H3. The van der Waals surface area contributed by atoms with Gasteiger partial charge in [0.25, 0.3) is 0 Å². The van der Waals surface area contributed by atoms with Gasteiger partial charge >= 0.3 is 0 Å². The molecule has 96 valence electrons. The summed E-state index contributed by atoms with van der Waals surface area (Å²) in [5.41, 5.74) is 2.54. The molecule has 1 atom stereocenters. The van der Waals surface area contributed by atoms with E-state index in [1.165, 1.54) is 11.3 Å². The lowest BCUT2D eigenvalue weighted by Gasteiger charge is -2.18. The molecule has 0 aliphatic rings. The minimum atomic E-state index is 0.303. The monoisotopic (exact) mass is 307 g/mol. The van der Waals surface area contributed by atoms with Gasteiger partial charge in [-0.3, -0.25) is 4.68 Å². The molecule has 0 radical (unpaired) electrons. The third-order valence-corrected chi connectivity index (χ3v) is 3.49. The maximum Gasteiger partial charge on any atom is 0.0553 e. The van der Waals surface area contributed by atoms with Gasteiger partial charge in [-0.2, -0.15) is 5.10 Å². The summed E-state index contributed by atoms with van der Waals surface area (Å²) in [5, 5.41) is 7.76. The minimum absolute atomic E-state index is 0.303. The fourth-order valence-electron chi connectivity index (χ4n) is 2.15. The van der Waals surface area contributed by atoms with Gasteiger partial charge in [-0.1, -0.05) is 35.0 Å². The second kappa shape index (κ2) is 6.16. The zero-order valence-electron chi connectivity index (χ0n) is 10.7. The number of nitrogens with one attached hydrogen (secondary N) is 1. The summed E-state index contributed by atoms with van der Waals surface area (Å²) in [6.07, 6.45) is 2.81. The van der Waals surface area contributed by atoms with Crippen LogP contribution in [0.3, 0.4) is 0 Å². The topological polar surface area (TPSA) is 29.9 Å². The van der Waals surface area contributed by atoms with Crippen molar-refractivity contribution in [2.24, 2.45) is 7.05 Å². The predicted octanol–water partition coefficient (Wildman–Crippen LogP) is 3.08. The van der Waals surface area contributed by atoms with E-state index in [1.54, 1.807) is 0 Å². The van der Waals surface area contributed by atoms with E-state index in [1.807, 2.05) is 17.9 Å². The van der Waals surface area contributed by atoms with Gasteiger partial charge < -0.3 is 5.32 Å². The second-order valence-electron chi connectivity index (χ2n) is 4.32. The summed E-state index contributed by atoms with van der Waals surface area (Å²) >= 11 is 3.52. The Bertz CT molecular complexity index is 507. The predicted molar refractivity (Wildman–Crippen MR) is 77.5 cm³/mol. The number of halogens is 1. The molecule has 0 fully saturated rings. The van der Waals surface area contributed by atoms with Crippen LogP contribution in [0.5, 0.6) is 0 Å². The molecular formula is C14H18BrN3. The number of aromatic nitrogens is 2. The van der Waals surface area contributed by atoms with Crippen LogP contribution in [0, 0.1) is 0 Å². The smallest absolute Gasteiger partial charge is 0.0553 e. The van der Waals surface area contributed by atoms with Crippen molar-refractivity contribution in [3.8, 4) is 0 Å². The van der Waals surface area contributed by atoms with E-state index < -0.39 is 0 Å². The van der Waals surface area contributed by atoms with Crippen LogP contribution in [0.25, 0.3) is 0 Å². The minimum Gasteiger partial charge on any atom is -0.309 e. The molecule has 1 N–H and O–H groups in total. The zero-order chi connectivity index (χ0) is 13.0. The Labute approximate surface area is 116 Å². The Morgan fingerprint density at radius 3 is 2.83 bits per heavy atom. The normalized spacial score (nSPS) is 12.6. The first kappa shape index (κ1) is 13.3. The highest BCUT2D eigenvalue weighted by atomic mass is 79.9. The summed E-state index contributed by atoms with van der Waals surface area (Å²) in [6, 6.07) is 10.8. The Balaban J connectivity index is 2.19. The molecule has 0 saturated carbocycles. The van der Waals surface area contributed by atoms with E-state index in [0.29, 0.717) is 6.04 Å². The summed E-state index contributed by atoms with van der Waals surface area (Å²) in [6.45, 7) is 3.08. The molecule has 0 aliphatic heterocycles. The number of benzene rings is 1. The lowest BCUT2D eigenvalue weighted by molar-refractivity contribution is 0.508. The number of rotatable bonds is 5. The summed E-state index contributed by atoms with van der Waals surface area (Å²) in [7, 11) is 1.99. The van der Waals surface area contributed by atoms with Gasteiger partial charge in [0.15, 0.2) is 0 Å². The zero-order valence-corrected chi connectivity index (χ0v) is 12.3. The SMILES string of the molecule is CCNC(Cc1cccc(Br)c1)c1ccnn1C. The van der Waals surface area contributed by atoms with Gasteiger partial charge in [0.05, 0.1) is 11.7 Å². The number of nitrogens with zero attached hydrogens (tertiary/aromatic N) is 2. The molecule has 1 unspecified atom stereocenters. The van der Waals surface area contributed by atoms with Crippen LogP contribution in [0.1, 0.15) is 24.2 Å². The number of aryl methyl sites for hydroxylation is 1. The maximum absolute atomic E-state index is 4.25. The van der Waals surface area contributed by atoms with Gasteiger partial charge in [-0.25, -0.2) is 0 Å². The largest absolute Gasteiger partial charge is 0.309 e. The van der Waals surface area contributed by atoms with Gasteiger partial charge in [0.2, 0.25) is 0 Å². The van der Waals surface area contributed by atoms with Crippen molar-refractivity contribution in [1.29, 1.82) is 0 Å². The lowest BCUT2D eigenvalue weighted by Crippen LogP contribution is -2.25. The van der Waals surface area contributed by atoms with E-state index in [0.717, 1.165) is 17.4 Å². The fourth-order valence-corrected chi connectivity index (χ4v) is 2.60. The fraction of sp³-hybridized carbons (Fsp3) is 0.357. The van der Waals surface area contributed by atoms with E-state index in [2.05, 4.69) is 63.6 Å². The molecular weight excluding hydrogens is 290 g/mol. The first-order valence-corrected chi connectivity index (χ1v) is 6.95. The second-order valence-corrected chi connectivity index (χ2v) is 5.24. The molecule has 0 aliphatic carbocycles. The van der Waals surface area contributed by atoms with Crippen LogP contribution < -0.4 is 5.32 Å². The molecule has 4 heteroatoms. The quantitative estimate of drug-likeness (QED) is 0.920. The van der Waals surface area contributed by atoms with Crippen molar-refractivity contribution in [2.75, 3.05) is 6.54 Å². The molecule has 0 spiro atoms. The van der Waals surface area contributed by atoms with Crippen LogP contribution in [0.2, 0.25) is 0 Å². The Hall–Kier alpha value is -1.13. The van der Waals surface area contributed by atoms with Crippen molar-refractivity contribution in [3.05, 3.63) is 52.3 Å². The van der Waals surface area contributed by atoms with Gasteiger partial charge in [0, 0.05) is 17.7 Å². The van der Waals surface area contributed by atoms with E-state index in [9.17, 15) is 0 Å². The molecule has 3 nitrogen and oxygen atoms in total. The van der Waals surface area contributed by atoms with Crippen LogP contribution in [0.15, 0.2) is 41.0 Å². The Morgan fingerprint density at radius 2 is 2.22 bits per heavy atom. The summed E-state index contributed by atoms with van der Waals surface area (Å²) in [5.74, 6) is 0. The summed E-state index contributed by atoms with van der Waals surface area (Å²) in [4.78, 5) is 0. The average Bonchev–Trinajstić information content (AvgIpc) is 2.75. The van der Waals surface area contributed by atoms with Crippen molar-refractivity contribution >= 4 is 15.9 Å². The third-order valence-electron chi connectivity index (χ3n) is 3.00. The van der Waals surface area contributed by atoms with E-state index in [-0.39, 0.29) is 0 Å². The molecule has 0 bridgehead atoms. The Kier molecular flexibility index (Phi) is 4.55. The van der Waals surface area contributed by atoms with Crippen LogP contribution in [-0.2, 0) is 13.5 Å². The highest BCUT2D eigenvalue weighted by Crippen LogP contribution is 2.20. The first-order chi connectivity index (χ1) is 8.70. The molecule has 0 amide bonds. The third kappa shape index (κ3) is 3.21. The highest BCUT2D eigenvalue weighted by Gasteiger charge is 2.14. The Morgan fingerprint density at radius 1 is 1.39 bits per heavy atom. The number of hydrogen-bond acceptors (Lipinski definition) is 2. The van der Waals surface area contributed by atoms with Crippen molar-refractivity contribution in [2.45, 2.75) is 19.4 Å². The molecule has 0 saturated heterocycles.